The average molecular weight is 286 g/mol. The number of thiazole rings is 1. The molecule has 1 heterocycles. The van der Waals surface area contributed by atoms with Gasteiger partial charge in [-0.1, -0.05) is 18.2 Å². The van der Waals surface area contributed by atoms with E-state index in [1.54, 1.807) is 23.6 Å². The van der Waals surface area contributed by atoms with Gasteiger partial charge in [-0.3, -0.25) is 0 Å². The van der Waals surface area contributed by atoms with Gasteiger partial charge >= 0.3 is 6.18 Å². The van der Waals surface area contributed by atoms with E-state index in [4.69, 9.17) is 0 Å². The van der Waals surface area contributed by atoms with E-state index < -0.39 is 11.7 Å². The van der Waals surface area contributed by atoms with E-state index in [0.29, 0.717) is 18.7 Å². The first-order valence-electron chi connectivity index (χ1n) is 5.73. The van der Waals surface area contributed by atoms with Gasteiger partial charge in [-0.05, 0) is 18.6 Å². The van der Waals surface area contributed by atoms with E-state index in [-0.39, 0.29) is 0 Å². The third-order valence-electron chi connectivity index (χ3n) is 2.55. The number of aryl methyl sites for hydroxylation is 1. The van der Waals surface area contributed by atoms with Gasteiger partial charge in [-0.15, -0.1) is 11.3 Å². The minimum Gasteiger partial charge on any atom is -0.308 e. The third-order valence-corrected chi connectivity index (χ3v) is 3.46. The number of alkyl halides is 3. The Kier molecular flexibility index (Phi) is 4.21. The zero-order valence-electron chi connectivity index (χ0n) is 10.3. The first-order chi connectivity index (χ1) is 8.95. The second-order valence-electron chi connectivity index (χ2n) is 4.15. The van der Waals surface area contributed by atoms with Crippen molar-refractivity contribution < 1.29 is 13.2 Å². The Hall–Kier alpha value is -1.40. The zero-order valence-corrected chi connectivity index (χ0v) is 11.1. The first-order valence-corrected chi connectivity index (χ1v) is 6.55. The summed E-state index contributed by atoms with van der Waals surface area (Å²) in [7, 11) is 0. The molecule has 0 spiro atoms. The van der Waals surface area contributed by atoms with E-state index in [9.17, 15) is 13.2 Å². The fourth-order valence-electron chi connectivity index (χ4n) is 1.67. The van der Waals surface area contributed by atoms with Crippen molar-refractivity contribution in [2.24, 2.45) is 0 Å². The Morgan fingerprint density at radius 2 is 2.05 bits per heavy atom. The molecule has 102 valence electrons. The molecule has 0 bridgehead atoms. The summed E-state index contributed by atoms with van der Waals surface area (Å²) >= 11 is 1.58. The molecular formula is C13H13F3N2S. The van der Waals surface area contributed by atoms with Crippen LogP contribution in [0.15, 0.2) is 30.5 Å². The summed E-state index contributed by atoms with van der Waals surface area (Å²) in [5.74, 6) is 0. The summed E-state index contributed by atoms with van der Waals surface area (Å²) in [5.41, 5.74) is 0.0106. The van der Waals surface area contributed by atoms with E-state index in [1.807, 2.05) is 6.92 Å². The van der Waals surface area contributed by atoms with Gasteiger partial charge in [0.15, 0.2) is 0 Å². The van der Waals surface area contributed by atoms with Crippen molar-refractivity contribution in [2.75, 3.05) is 0 Å². The van der Waals surface area contributed by atoms with Gasteiger partial charge in [-0.25, -0.2) is 4.98 Å². The molecule has 0 atom stereocenters. The maximum absolute atomic E-state index is 12.5. The lowest BCUT2D eigenvalue weighted by atomic mass is 10.1. The summed E-state index contributed by atoms with van der Waals surface area (Å²) in [6.07, 6.45) is -2.51. The average Bonchev–Trinajstić information content (AvgIpc) is 2.74. The smallest absolute Gasteiger partial charge is 0.308 e. The standard InChI is InChI=1S/C13H13F3N2S/c1-9-18-8-12(19-9)7-17-6-10-3-2-4-11(5-10)13(14,15)16/h2-5,8,17H,6-7H2,1H3. The van der Waals surface area contributed by atoms with Gasteiger partial charge < -0.3 is 5.32 Å². The number of benzene rings is 1. The van der Waals surface area contributed by atoms with E-state index in [0.717, 1.165) is 16.0 Å². The minimum absolute atomic E-state index is 0.404. The number of nitrogens with one attached hydrogen (secondary N) is 1. The maximum Gasteiger partial charge on any atom is 0.416 e. The summed E-state index contributed by atoms with van der Waals surface area (Å²) in [6, 6.07) is 5.36. The molecule has 6 heteroatoms. The topological polar surface area (TPSA) is 24.9 Å². The molecule has 1 aromatic heterocycles. The molecule has 0 aliphatic heterocycles. The quantitative estimate of drug-likeness (QED) is 0.925. The van der Waals surface area contributed by atoms with Crippen LogP contribution in [0.1, 0.15) is 21.0 Å². The number of halogens is 3. The summed E-state index contributed by atoms with van der Waals surface area (Å²) in [6.45, 7) is 2.93. The SMILES string of the molecule is Cc1ncc(CNCc2cccc(C(F)(F)F)c2)s1. The summed E-state index contributed by atoms with van der Waals surface area (Å²) in [5, 5.41) is 4.10. The van der Waals surface area contributed by atoms with Crippen LogP contribution in [0, 0.1) is 6.92 Å². The molecule has 1 aromatic carbocycles. The normalized spacial score (nSPS) is 11.8. The van der Waals surface area contributed by atoms with Crippen molar-refractivity contribution in [2.45, 2.75) is 26.2 Å². The van der Waals surface area contributed by atoms with Crippen LogP contribution in [-0.2, 0) is 19.3 Å². The van der Waals surface area contributed by atoms with Crippen LogP contribution >= 0.6 is 11.3 Å². The van der Waals surface area contributed by atoms with Crippen molar-refractivity contribution in [3.8, 4) is 0 Å². The van der Waals surface area contributed by atoms with Crippen LogP contribution in [-0.4, -0.2) is 4.98 Å². The minimum atomic E-state index is -4.29. The highest BCUT2D eigenvalue weighted by Crippen LogP contribution is 2.29. The van der Waals surface area contributed by atoms with Crippen molar-refractivity contribution in [3.05, 3.63) is 51.5 Å². The van der Waals surface area contributed by atoms with Crippen LogP contribution in [0.5, 0.6) is 0 Å². The summed E-state index contributed by atoms with van der Waals surface area (Å²) < 4.78 is 37.6. The summed E-state index contributed by atoms with van der Waals surface area (Å²) in [4.78, 5) is 5.19. The van der Waals surface area contributed by atoms with E-state index >= 15 is 0 Å². The van der Waals surface area contributed by atoms with Crippen molar-refractivity contribution >= 4 is 11.3 Å². The van der Waals surface area contributed by atoms with Gasteiger partial charge in [0.2, 0.25) is 0 Å². The second kappa shape index (κ2) is 5.71. The Morgan fingerprint density at radius 3 is 2.68 bits per heavy atom. The number of rotatable bonds is 4. The largest absolute Gasteiger partial charge is 0.416 e. The van der Waals surface area contributed by atoms with Crippen LogP contribution in [0.25, 0.3) is 0 Å². The van der Waals surface area contributed by atoms with Gasteiger partial charge in [0, 0.05) is 24.2 Å². The number of hydrogen-bond acceptors (Lipinski definition) is 3. The lowest BCUT2D eigenvalue weighted by Gasteiger charge is -2.09. The lowest BCUT2D eigenvalue weighted by Crippen LogP contribution is -2.13. The highest BCUT2D eigenvalue weighted by Gasteiger charge is 2.30. The second-order valence-corrected chi connectivity index (χ2v) is 5.47. The molecule has 0 amide bonds. The van der Waals surface area contributed by atoms with Crippen LogP contribution in [0.3, 0.4) is 0 Å². The maximum atomic E-state index is 12.5. The van der Waals surface area contributed by atoms with Gasteiger partial charge in [0.05, 0.1) is 10.6 Å². The number of hydrogen-bond donors (Lipinski definition) is 1. The van der Waals surface area contributed by atoms with Crippen LogP contribution in [0.4, 0.5) is 13.2 Å². The van der Waals surface area contributed by atoms with Crippen molar-refractivity contribution in [1.29, 1.82) is 0 Å². The first kappa shape index (κ1) is 14.0. The van der Waals surface area contributed by atoms with Gasteiger partial charge in [0.1, 0.15) is 0 Å². The lowest BCUT2D eigenvalue weighted by molar-refractivity contribution is -0.137. The molecule has 0 saturated heterocycles. The molecule has 19 heavy (non-hydrogen) atoms. The molecule has 0 aliphatic carbocycles. The van der Waals surface area contributed by atoms with Gasteiger partial charge in [-0.2, -0.15) is 13.2 Å². The molecule has 0 unspecified atom stereocenters. The molecule has 0 fully saturated rings. The Labute approximate surface area is 113 Å². The molecule has 1 N–H and O–H groups in total. The molecule has 0 radical (unpaired) electrons. The van der Waals surface area contributed by atoms with Crippen molar-refractivity contribution in [1.82, 2.24) is 10.3 Å². The molecule has 2 aromatic rings. The highest BCUT2D eigenvalue weighted by atomic mass is 32.1. The monoisotopic (exact) mass is 286 g/mol. The molecule has 2 rings (SSSR count). The Morgan fingerprint density at radius 1 is 1.26 bits per heavy atom. The van der Waals surface area contributed by atoms with Gasteiger partial charge in [0.25, 0.3) is 0 Å². The van der Waals surface area contributed by atoms with E-state index in [1.165, 1.54) is 12.1 Å². The third kappa shape index (κ3) is 4.04. The Balaban J connectivity index is 1.93. The predicted molar refractivity (Wildman–Crippen MR) is 68.8 cm³/mol. The predicted octanol–water partition coefficient (Wildman–Crippen LogP) is 3.76. The fraction of sp³-hybridized carbons (Fsp3) is 0.308. The van der Waals surface area contributed by atoms with Crippen molar-refractivity contribution in [3.63, 3.8) is 0 Å². The molecule has 0 saturated carbocycles. The molecule has 0 aliphatic rings. The fourth-order valence-corrected chi connectivity index (χ4v) is 2.44. The van der Waals surface area contributed by atoms with Crippen LogP contribution < -0.4 is 5.32 Å². The molecule has 2 nitrogen and oxygen atoms in total. The zero-order chi connectivity index (χ0) is 13.9. The van der Waals surface area contributed by atoms with E-state index in [2.05, 4.69) is 10.3 Å². The number of aromatic nitrogens is 1. The highest BCUT2D eigenvalue weighted by molar-refractivity contribution is 7.11. The number of nitrogens with zero attached hydrogens (tertiary/aromatic N) is 1. The van der Waals surface area contributed by atoms with Crippen LogP contribution in [0.2, 0.25) is 0 Å². The molecular weight excluding hydrogens is 273 g/mol. The Bertz CT molecular complexity index is 549.